The molecule has 4 fully saturated rings. The smallest absolute Gasteiger partial charge is 0.407 e. The molecule has 0 radical (unpaired) electrons. The van der Waals surface area contributed by atoms with Crippen LogP contribution in [0.4, 0.5) is 9.59 Å². The third kappa shape index (κ3) is 7.61. The number of hydrogen-bond donors (Lipinski definition) is 4. The lowest BCUT2D eigenvalue weighted by atomic mass is 10.0. The molecule has 4 aromatic rings. The molecule has 4 aliphatic rings. The van der Waals surface area contributed by atoms with E-state index in [9.17, 15) is 19.2 Å². The van der Waals surface area contributed by atoms with Crippen LogP contribution in [0.5, 0.6) is 0 Å². The number of nitrogens with two attached hydrogens (primary N) is 1. The maximum atomic E-state index is 13.8. The third-order valence-electron chi connectivity index (χ3n) is 12.5. The Balaban J connectivity index is 0.946. The van der Waals surface area contributed by atoms with E-state index < -0.39 is 24.3 Å². The Hall–Kier alpha value is -5.66. The Kier molecular flexibility index (Phi) is 9.85. The summed E-state index contributed by atoms with van der Waals surface area (Å²) < 4.78 is 10.1. The highest BCUT2D eigenvalue weighted by Crippen LogP contribution is 2.59. The Labute approximate surface area is 332 Å². The maximum absolute atomic E-state index is 13.8. The van der Waals surface area contributed by atoms with E-state index in [4.69, 9.17) is 25.2 Å². The maximum Gasteiger partial charge on any atom is 0.407 e. The molecule has 8 rings (SSSR count). The van der Waals surface area contributed by atoms with E-state index in [2.05, 4.69) is 63.8 Å². The van der Waals surface area contributed by atoms with Crippen molar-refractivity contribution in [1.29, 1.82) is 0 Å². The fourth-order valence-corrected chi connectivity index (χ4v) is 8.77. The molecule has 2 aliphatic heterocycles. The fraction of sp³-hybridized carbons (Fsp3) is 0.488. The SMILES string of the molecule is COC(=O)N[C@@H](C(=O)N1CC2(CC2)C[C@H]1c1ncc(-c2ccc(-c3ccc(-c4cnc([C@@H]5CC6(CC6)CN5C(=O)[C@H](OC(N)=O)C(C)C)[nH]4)cc3)cc2)[nH]1)C(C)C. The first-order valence-electron chi connectivity index (χ1n) is 20.0. The van der Waals surface area contributed by atoms with Gasteiger partial charge in [0.2, 0.25) is 5.91 Å². The van der Waals surface area contributed by atoms with E-state index >= 15 is 0 Å². The van der Waals surface area contributed by atoms with E-state index in [0.29, 0.717) is 13.1 Å². The largest absolute Gasteiger partial charge is 0.453 e. The Bertz CT molecular complexity index is 2150. The zero-order valence-corrected chi connectivity index (χ0v) is 33.2. The van der Waals surface area contributed by atoms with Gasteiger partial charge in [-0.2, -0.15) is 0 Å². The number of imidazole rings is 2. The number of aromatic nitrogens is 4. The van der Waals surface area contributed by atoms with Gasteiger partial charge in [0.15, 0.2) is 6.10 Å². The third-order valence-corrected chi connectivity index (χ3v) is 12.5. The van der Waals surface area contributed by atoms with Crippen LogP contribution in [0.3, 0.4) is 0 Å². The highest BCUT2D eigenvalue weighted by Gasteiger charge is 2.56. The molecule has 57 heavy (non-hydrogen) atoms. The lowest BCUT2D eigenvalue weighted by Crippen LogP contribution is -2.51. The van der Waals surface area contributed by atoms with Gasteiger partial charge in [0.1, 0.15) is 17.7 Å². The highest BCUT2D eigenvalue weighted by atomic mass is 16.6. The van der Waals surface area contributed by atoms with Gasteiger partial charge in [0.25, 0.3) is 5.91 Å². The predicted octanol–water partition coefficient (Wildman–Crippen LogP) is 6.74. The van der Waals surface area contributed by atoms with Gasteiger partial charge in [0.05, 0.1) is 43.0 Å². The van der Waals surface area contributed by atoms with Gasteiger partial charge in [0, 0.05) is 13.1 Å². The molecule has 4 amide bonds. The molecule has 2 saturated heterocycles. The molecule has 2 spiro atoms. The van der Waals surface area contributed by atoms with Crippen molar-refractivity contribution in [2.45, 2.75) is 90.4 Å². The van der Waals surface area contributed by atoms with Crippen molar-refractivity contribution in [2.75, 3.05) is 20.2 Å². The second kappa shape index (κ2) is 14.7. The van der Waals surface area contributed by atoms with Gasteiger partial charge < -0.3 is 40.3 Å². The van der Waals surface area contributed by atoms with Crippen LogP contribution in [0, 0.1) is 22.7 Å². The van der Waals surface area contributed by atoms with Gasteiger partial charge in [-0.1, -0.05) is 76.2 Å². The predicted molar refractivity (Wildman–Crippen MR) is 212 cm³/mol. The standard InChI is InChI=1S/C43H52N8O6/c1-24(2)34(49-41(55)56-5)38(52)50-22-42(14-15-42)18-32(50)36-45-20-30(47-36)28-10-6-26(7-11-28)27-8-12-29(13-9-27)31-21-46-37(48-31)33-19-43(16-17-43)23-51(33)39(53)35(25(3)4)57-40(44)54/h6-13,20-21,24-25,32-35H,14-19,22-23H2,1-5H3,(H2,44,54)(H,45,47)(H,46,48)(H,49,55)/t32-,33-,34+,35+/m0/s1. The van der Waals surface area contributed by atoms with Crippen LogP contribution in [-0.2, 0) is 19.1 Å². The molecule has 14 heteroatoms. The first-order valence-corrected chi connectivity index (χ1v) is 20.0. The second-order valence-corrected chi connectivity index (χ2v) is 17.4. The number of hydrogen-bond acceptors (Lipinski definition) is 8. The van der Waals surface area contributed by atoms with Crippen LogP contribution >= 0.6 is 0 Å². The number of alkyl carbamates (subject to hydrolysis) is 1. The summed E-state index contributed by atoms with van der Waals surface area (Å²) in [7, 11) is 1.30. The summed E-state index contributed by atoms with van der Waals surface area (Å²) in [4.78, 5) is 71.4. The van der Waals surface area contributed by atoms with E-state index in [1.54, 1.807) is 0 Å². The zero-order valence-electron chi connectivity index (χ0n) is 33.2. The number of primary amides is 1. The monoisotopic (exact) mass is 776 g/mol. The van der Waals surface area contributed by atoms with Gasteiger partial charge in [-0.25, -0.2) is 19.6 Å². The Morgan fingerprint density at radius 3 is 1.54 bits per heavy atom. The quantitative estimate of drug-likeness (QED) is 0.129. The lowest BCUT2D eigenvalue weighted by Gasteiger charge is -2.30. The van der Waals surface area contributed by atoms with Crippen molar-refractivity contribution in [1.82, 2.24) is 35.1 Å². The molecule has 2 aliphatic carbocycles. The minimum atomic E-state index is -0.952. The minimum Gasteiger partial charge on any atom is -0.453 e. The summed E-state index contributed by atoms with van der Waals surface area (Å²) in [5, 5.41) is 2.74. The van der Waals surface area contributed by atoms with Crippen LogP contribution in [0.25, 0.3) is 33.6 Å². The molecule has 0 bridgehead atoms. The molecule has 2 saturated carbocycles. The molecule has 300 valence electrons. The summed E-state index contributed by atoms with van der Waals surface area (Å²) in [6.07, 6.45) is 7.09. The number of benzene rings is 2. The summed E-state index contributed by atoms with van der Waals surface area (Å²) in [5.74, 6) is 0.805. The number of H-pyrrole nitrogens is 2. The molecular formula is C43H52N8O6. The van der Waals surface area contributed by atoms with Crippen molar-refractivity contribution in [3.8, 4) is 33.6 Å². The number of rotatable bonds is 11. The number of likely N-dealkylation sites (tertiary alicyclic amines) is 2. The molecule has 2 aromatic carbocycles. The van der Waals surface area contributed by atoms with Crippen LogP contribution in [-0.4, -0.2) is 86.1 Å². The number of aromatic amines is 2. The number of methoxy groups -OCH3 is 1. The Morgan fingerprint density at radius 1 is 0.719 bits per heavy atom. The van der Waals surface area contributed by atoms with Crippen LogP contribution < -0.4 is 11.1 Å². The van der Waals surface area contributed by atoms with Crippen LogP contribution in [0.2, 0.25) is 0 Å². The van der Waals surface area contributed by atoms with Crippen LogP contribution in [0.15, 0.2) is 60.9 Å². The molecule has 4 heterocycles. The second-order valence-electron chi connectivity index (χ2n) is 17.4. The fourth-order valence-electron chi connectivity index (χ4n) is 8.77. The van der Waals surface area contributed by atoms with Gasteiger partial charge in [-0.3, -0.25) is 9.59 Å². The number of nitrogens with one attached hydrogen (secondary N) is 3. The first-order chi connectivity index (χ1) is 27.3. The highest BCUT2D eigenvalue weighted by molar-refractivity contribution is 5.87. The average Bonchev–Trinajstić information content (AvgIpc) is 3.77. The van der Waals surface area contributed by atoms with E-state index in [1.165, 1.54) is 7.11 Å². The Morgan fingerprint density at radius 2 is 1.16 bits per heavy atom. The zero-order chi connectivity index (χ0) is 40.2. The molecule has 2 aromatic heterocycles. The van der Waals surface area contributed by atoms with E-state index in [0.717, 1.165) is 83.8 Å². The number of carbonyl (C=O) groups excluding carboxylic acids is 4. The van der Waals surface area contributed by atoms with Crippen molar-refractivity contribution >= 4 is 24.0 Å². The molecule has 5 N–H and O–H groups in total. The minimum absolute atomic E-state index is 0.0957. The van der Waals surface area contributed by atoms with Gasteiger partial charge >= 0.3 is 12.2 Å². The van der Waals surface area contributed by atoms with Gasteiger partial charge in [-0.15, -0.1) is 0 Å². The first kappa shape index (κ1) is 38.2. The summed E-state index contributed by atoms with van der Waals surface area (Å²) in [6, 6.07) is 15.5. The lowest BCUT2D eigenvalue weighted by molar-refractivity contribution is -0.143. The normalized spacial score (nSPS) is 21.2. The van der Waals surface area contributed by atoms with E-state index in [-0.39, 0.29) is 46.6 Å². The topological polar surface area (TPSA) is 189 Å². The van der Waals surface area contributed by atoms with Gasteiger partial charge in [-0.05, 0) is 83.4 Å². The summed E-state index contributed by atoms with van der Waals surface area (Å²) in [6.45, 7) is 8.80. The summed E-state index contributed by atoms with van der Waals surface area (Å²) in [5.41, 5.74) is 11.3. The number of nitrogens with zero attached hydrogens (tertiary/aromatic N) is 4. The van der Waals surface area contributed by atoms with Crippen LogP contribution in [0.1, 0.15) is 90.0 Å². The van der Waals surface area contributed by atoms with Crippen molar-refractivity contribution in [3.05, 3.63) is 72.6 Å². The van der Waals surface area contributed by atoms with Crippen molar-refractivity contribution in [3.63, 3.8) is 0 Å². The number of amides is 4. The molecule has 4 atom stereocenters. The number of carbonyl (C=O) groups is 4. The average molecular weight is 777 g/mol. The molecule has 14 nitrogen and oxygen atoms in total. The van der Waals surface area contributed by atoms with E-state index in [1.807, 2.05) is 49.9 Å². The molecule has 0 unspecified atom stereocenters. The van der Waals surface area contributed by atoms with Crippen molar-refractivity contribution < 1.29 is 28.7 Å². The van der Waals surface area contributed by atoms with Crippen molar-refractivity contribution in [2.24, 2.45) is 28.4 Å². The number of ether oxygens (including phenoxy) is 2. The molecular weight excluding hydrogens is 725 g/mol. The summed E-state index contributed by atoms with van der Waals surface area (Å²) >= 11 is 0.